The van der Waals surface area contributed by atoms with Crippen LogP contribution in [0, 0.1) is 5.92 Å². The number of thioether (sulfide) groups is 1. The predicted octanol–water partition coefficient (Wildman–Crippen LogP) is 0.877. The van der Waals surface area contributed by atoms with Crippen molar-refractivity contribution in [2.75, 3.05) is 31.6 Å². The van der Waals surface area contributed by atoms with Gasteiger partial charge in [0.05, 0.1) is 6.54 Å². The van der Waals surface area contributed by atoms with Crippen molar-refractivity contribution in [2.24, 2.45) is 5.92 Å². The van der Waals surface area contributed by atoms with Crippen LogP contribution in [0.25, 0.3) is 0 Å². The van der Waals surface area contributed by atoms with Gasteiger partial charge in [-0.2, -0.15) is 11.8 Å². The molecule has 4 heteroatoms. The van der Waals surface area contributed by atoms with Crippen molar-refractivity contribution in [1.82, 2.24) is 10.6 Å². The monoisotopic (exact) mass is 216 g/mol. The summed E-state index contributed by atoms with van der Waals surface area (Å²) in [7, 11) is 0. The Kier molecular flexibility index (Phi) is 8.78. The lowest BCUT2D eigenvalue weighted by atomic mass is 10.2. The Labute approximate surface area is 90.7 Å². The van der Waals surface area contributed by atoms with Gasteiger partial charge >= 0.3 is 0 Å². The number of carbonyl (C=O) groups is 1. The first-order chi connectivity index (χ1) is 6.70. The van der Waals surface area contributed by atoms with Gasteiger partial charge in [-0.3, -0.25) is 4.79 Å². The first-order valence-electron chi connectivity index (χ1n) is 4.78. The fourth-order valence-corrected chi connectivity index (χ4v) is 1.67. The van der Waals surface area contributed by atoms with E-state index >= 15 is 0 Å². The van der Waals surface area contributed by atoms with Gasteiger partial charge in [-0.25, -0.2) is 0 Å². The van der Waals surface area contributed by atoms with E-state index in [0.29, 0.717) is 19.0 Å². The van der Waals surface area contributed by atoms with E-state index in [1.807, 2.05) is 0 Å². The first-order valence-corrected chi connectivity index (χ1v) is 6.17. The molecule has 0 saturated carbocycles. The number of carbonyl (C=O) groups excluding carboxylic acids is 1. The lowest BCUT2D eigenvalue weighted by molar-refractivity contribution is -0.120. The van der Waals surface area contributed by atoms with Crippen molar-refractivity contribution in [3.05, 3.63) is 12.7 Å². The molecule has 1 unspecified atom stereocenters. The van der Waals surface area contributed by atoms with E-state index in [9.17, 15) is 4.79 Å². The summed E-state index contributed by atoms with van der Waals surface area (Å²) in [5.74, 6) is 1.67. The predicted molar refractivity (Wildman–Crippen MR) is 63.6 cm³/mol. The van der Waals surface area contributed by atoms with Crippen LogP contribution in [-0.4, -0.2) is 37.6 Å². The third kappa shape index (κ3) is 8.13. The van der Waals surface area contributed by atoms with Gasteiger partial charge in [-0.1, -0.05) is 13.0 Å². The molecule has 0 aromatic heterocycles. The highest BCUT2D eigenvalue weighted by atomic mass is 32.2. The summed E-state index contributed by atoms with van der Waals surface area (Å²) in [6.07, 6.45) is 3.81. The molecular formula is C10H20N2OS. The highest BCUT2D eigenvalue weighted by Gasteiger charge is 2.03. The van der Waals surface area contributed by atoms with Gasteiger partial charge in [0.2, 0.25) is 5.91 Å². The zero-order valence-electron chi connectivity index (χ0n) is 9.01. The van der Waals surface area contributed by atoms with Crippen LogP contribution >= 0.6 is 11.8 Å². The van der Waals surface area contributed by atoms with E-state index in [2.05, 4.69) is 30.4 Å². The Hall–Kier alpha value is -0.480. The number of hydrogen-bond acceptors (Lipinski definition) is 3. The Morgan fingerprint density at radius 1 is 1.64 bits per heavy atom. The Morgan fingerprint density at radius 2 is 2.36 bits per heavy atom. The summed E-state index contributed by atoms with van der Waals surface area (Å²) in [4.78, 5) is 11.2. The maximum atomic E-state index is 11.2. The lowest BCUT2D eigenvalue weighted by Crippen LogP contribution is -2.36. The van der Waals surface area contributed by atoms with Crippen LogP contribution < -0.4 is 10.6 Å². The minimum absolute atomic E-state index is 0.0554. The topological polar surface area (TPSA) is 41.1 Å². The molecule has 0 fully saturated rings. The molecule has 14 heavy (non-hydrogen) atoms. The van der Waals surface area contributed by atoms with E-state index in [1.165, 1.54) is 0 Å². The molecule has 0 rings (SSSR count). The van der Waals surface area contributed by atoms with Crippen molar-refractivity contribution in [1.29, 1.82) is 0 Å². The standard InChI is InChI=1S/C10H20N2OS/c1-4-5-11-7-10(13)12-6-9(2)8-14-3/h4,9,11H,1,5-8H2,2-3H3,(H,12,13). The molecule has 0 spiro atoms. The van der Waals surface area contributed by atoms with E-state index < -0.39 is 0 Å². The molecule has 0 radical (unpaired) electrons. The summed E-state index contributed by atoms with van der Waals surface area (Å²) in [5, 5.41) is 5.83. The molecule has 0 aromatic carbocycles. The van der Waals surface area contributed by atoms with Crippen LogP contribution in [0.1, 0.15) is 6.92 Å². The second-order valence-corrected chi connectivity index (χ2v) is 4.19. The van der Waals surface area contributed by atoms with E-state index in [4.69, 9.17) is 0 Å². The molecule has 1 amide bonds. The Bertz CT molecular complexity index is 174. The van der Waals surface area contributed by atoms with Gasteiger partial charge in [-0.15, -0.1) is 6.58 Å². The van der Waals surface area contributed by atoms with Gasteiger partial charge < -0.3 is 10.6 Å². The molecule has 0 aliphatic rings. The number of rotatable bonds is 8. The fourth-order valence-electron chi connectivity index (χ4n) is 0.982. The average Bonchev–Trinajstić information content (AvgIpc) is 2.16. The highest BCUT2D eigenvalue weighted by molar-refractivity contribution is 7.98. The fraction of sp³-hybridized carbons (Fsp3) is 0.700. The van der Waals surface area contributed by atoms with E-state index in [0.717, 1.165) is 12.3 Å². The summed E-state index contributed by atoms with van der Waals surface area (Å²) in [6, 6.07) is 0. The molecular weight excluding hydrogens is 196 g/mol. The molecule has 0 aromatic rings. The maximum Gasteiger partial charge on any atom is 0.233 e. The van der Waals surface area contributed by atoms with Crippen molar-refractivity contribution in [3.63, 3.8) is 0 Å². The zero-order valence-corrected chi connectivity index (χ0v) is 9.82. The second kappa shape index (κ2) is 9.09. The van der Waals surface area contributed by atoms with Gasteiger partial charge in [0.15, 0.2) is 0 Å². The Morgan fingerprint density at radius 3 is 2.93 bits per heavy atom. The summed E-state index contributed by atoms with van der Waals surface area (Å²) in [6.45, 7) is 7.50. The molecule has 82 valence electrons. The number of amides is 1. The minimum Gasteiger partial charge on any atom is -0.355 e. The quantitative estimate of drug-likeness (QED) is 0.467. The second-order valence-electron chi connectivity index (χ2n) is 3.28. The van der Waals surface area contributed by atoms with Crippen LogP contribution in [-0.2, 0) is 4.79 Å². The maximum absolute atomic E-state index is 11.2. The van der Waals surface area contributed by atoms with Crippen LogP contribution in [0.3, 0.4) is 0 Å². The Balaban J connectivity index is 3.38. The molecule has 0 aliphatic carbocycles. The molecule has 0 heterocycles. The third-order valence-electron chi connectivity index (χ3n) is 1.67. The smallest absolute Gasteiger partial charge is 0.233 e. The van der Waals surface area contributed by atoms with E-state index in [1.54, 1.807) is 17.8 Å². The first kappa shape index (κ1) is 13.5. The van der Waals surface area contributed by atoms with Crippen molar-refractivity contribution in [2.45, 2.75) is 6.92 Å². The molecule has 0 saturated heterocycles. The van der Waals surface area contributed by atoms with Gasteiger partial charge in [0.1, 0.15) is 0 Å². The largest absolute Gasteiger partial charge is 0.355 e. The minimum atomic E-state index is 0.0554. The van der Waals surface area contributed by atoms with Gasteiger partial charge in [0.25, 0.3) is 0 Å². The van der Waals surface area contributed by atoms with Crippen LogP contribution in [0.2, 0.25) is 0 Å². The molecule has 0 bridgehead atoms. The van der Waals surface area contributed by atoms with Gasteiger partial charge in [-0.05, 0) is 17.9 Å². The highest BCUT2D eigenvalue weighted by Crippen LogP contribution is 2.02. The van der Waals surface area contributed by atoms with Crippen LogP contribution in [0.5, 0.6) is 0 Å². The van der Waals surface area contributed by atoms with E-state index in [-0.39, 0.29) is 5.91 Å². The molecule has 0 aliphatic heterocycles. The number of nitrogens with one attached hydrogen (secondary N) is 2. The summed E-state index contributed by atoms with van der Waals surface area (Å²) >= 11 is 1.80. The molecule has 2 N–H and O–H groups in total. The lowest BCUT2D eigenvalue weighted by Gasteiger charge is -2.11. The van der Waals surface area contributed by atoms with Crippen LogP contribution in [0.4, 0.5) is 0 Å². The SMILES string of the molecule is C=CCNCC(=O)NCC(C)CSC. The third-order valence-corrected chi connectivity index (χ3v) is 2.58. The zero-order chi connectivity index (χ0) is 10.8. The van der Waals surface area contributed by atoms with Crippen LogP contribution in [0.15, 0.2) is 12.7 Å². The molecule has 3 nitrogen and oxygen atoms in total. The van der Waals surface area contributed by atoms with Crippen molar-refractivity contribution < 1.29 is 4.79 Å². The van der Waals surface area contributed by atoms with Gasteiger partial charge in [0, 0.05) is 13.1 Å². The molecule has 1 atom stereocenters. The summed E-state index contributed by atoms with van der Waals surface area (Å²) in [5.41, 5.74) is 0. The van der Waals surface area contributed by atoms with Crippen molar-refractivity contribution >= 4 is 17.7 Å². The average molecular weight is 216 g/mol. The number of hydrogen-bond donors (Lipinski definition) is 2. The normalized spacial score (nSPS) is 12.1. The summed E-state index contributed by atoms with van der Waals surface area (Å²) < 4.78 is 0. The van der Waals surface area contributed by atoms with Crippen molar-refractivity contribution in [3.8, 4) is 0 Å².